The van der Waals surface area contributed by atoms with Gasteiger partial charge in [0.1, 0.15) is 0 Å². The van der Waals surface area contributed by atoms with Crippen molar-refractivity contribution in [3.63, 3.8) is 0 Å². The third-order valence-corrected chi connectivity index (χ3v) is 5.71. The van der Waals surface area contributed by atoms with Gasteiger partial charge in [-0.25, -0.2) is 8.42 Å². The van der Waals surface area contributed by atoms with E-state index in [0.29, 0.717) is 18.1 Å². The van der Waals surface area contributed by atoms with E-state index in [4.69, 9.17) is 19.9 Å². The number of fused-ring (bicyclic) bond motifs is 1. The van der Waals surface area contributed by atoms with Crippen LogP contribution in [0.2, 0.25) is 0 Å². The smallest absolute Gasteiger partial charge is 0.231 e. The van der Waals surface area contributed by atoms with Crippen molar-refractivity contribution in [2.45, 2.75) is 23.6 Å². The fraction of sp³-hybridized carbons (Fsp3) is 0.571. The van der Waals surface area contributed by atoms with Gasteiger partial charge in [0.05, 0.1) is 17.4 Å². The lowest BCUT2D eigenvalue weighted by Gasteiger charge is -2.11. The second kappa shape index (κ2) is 4.86. The normalized spacial score (nSPS) is 30.4. The number of hydrogen-bond donors (Lipinski definition) is 1. The summed E-state index contributed by atoms with van der Waals surface area (Å²) in [6, 6.07) is 5.44. The zero-order valence-electron chi connectivity index (χ0n) is 12.0. The van der Waals surface area contributed by atoms with Gasteiger partial charge in [-0.15, -0.1) is 0 Å². The molecule has 0 radical (unpaired) electrons. The van der Waals surface area contributed by atoms with E-state index in [-0.39, 0.29) is 19.3 Å². The Kier molecular flexibility index (Phi) is 3.38. The van der Waals surface area contributed by atoms with Crippen LogP contribution in [-0.2, 0) is 14.6 Å². The van der Waals surface area contributed by atoms with Crippen molar-refractivity contribution in [3.8, 4) is 11.5 Å². The van der Waals surface area contributed by atoms with E-state index in [1.54, 1.807) is 6.07 Å². The molecule has 1 fully saturated rings. The first-order valence-electron chi connectivity index (χ1n) is 6.83. The molecule has 6 nitrogen and oxygen atoms in total. The maximum Gasteiger partial charge on any atom is 0.231 e. The summed E-state index contributed by atoms with van der Waals surface area (Å²) < 4.78 is 40.0. The molecule has 1 saturated carbocycles. The molecule has 1 aromatic rings. The van der Waals surface area contributed by atoms with Crippen molar-refractivity contribution < 1.29 is 22.6 Å². The molecule has 2 N–H and O–H groups in total. The van der Waals surface area contributed by atoms with E-state index in [0.717, 1.165) is 5.56 Å². The molecule has 1 heterocycles. The van der Waals surface area contributed by atoms with Gasteiger partial charge in [-0.3, -0.25) is 0 Å². The van der Waals surface area contributed by atoms with Crippen LogP contribution in [0.3, 0.4) is 0 Å². The van der Waals surface area contributed by atoms with Crippen LogP contribution in [0.1, 0.15) is 18.4 Å². The van der Waals surface area contributed by atoms with Crippen LogP contribution in [0, 0.1) is 0 Å². The first-order valence-corrected chi connectivity index (χ1v) is 8.78. The van der Waals surface area contributed by atoms with Crippen molar-refractivity contribution in [2.75, 3.05) is 26.3 Å². The molecule has 0 saturated heterocycles. The van der Waals surface area contributed by atoms with Crippen LogP contribution in [0.4, 0.5) is 0 Å². The zero-order chi connectivity index (χ0) is 15.3. The quantitative estimate of drug-likeness (QED) is 0.859. The van der Waals surface area contributed by atoms with Gasteiger partial charge in [0.15, 0.2) is 21.3 Å². The number of hydrogen-bond acceptors (Lipinski definition) is 6. The summed E-state index contributed by atoms with van der Waals surface area (Å²) in [7, 11) is -3.26. The first-order chi connectivity index (χ1) is 9.88. The fourth-order valence-electron chi connectivity index (χ4n) is 3.11. The number of nitrogens with two attached hydrogens (primary N) is 1. The lowest BCUT2D eigenvalue weighted by molar-refractivity contribution is 0.125. The van der Waals surface area contributed by atoms with Crippen molar-refractivity contribution in [1.29, 1.82) is 0 Å². The Balaban J connectivity index is 1.93. The van der Waals surface area contributed by atoms with Crippen molar-refractivity contribution >= 4 is 9.84 Å². The van der Waals surface area contributed by atoms with E-state index in [1.165, 1.54) is 6.26 Å². The lowest BCUT2D eigenvalue weighted by Crippen LogP contribution is -2.36. The standard InChI is InChI=1S/C14H19NO5S/c1-3-18-7-14(15)12(13(14)21(2,16)17)9-4-5-10-11(6-9)20-8-19-10/h4-6,12-13H,3,7-8,15H2,1-2H3. The van der Waals surface area contributed by atoms with Gasteiger partial charge in [0, 0.05) is 18.8 Å². The minimum absolute atomic E-state index is 0.186. The van der Waals surface area contributed by atoms with Crippen molar-refractivity contribution in [3.05, 3.63) is 23.8 Å². The summed E-state index contributed by atoms with van der Waals surface area (Å²) >= 11 is 0. The molecular weight excluding hydrogens is 294 g/mol. The molecule has 3 rings (SSSR count). The van der Waals surface area contributed by atoms with Crippen LogP contribution >= 0.6 is 0 Å². The van der Waals surface area contributed by atoms with Gasteiger partial charge in [0.2, 0.25) is 6.79 Å². The molecule has 7 heteroatoms. The summed E-state index contributed by atoms with van der Waals surface area (Å²) in [4.78, 5) is 0. The maximum absolute atomic E-state index is 12.0. The van der Waals surface area contributed by atoms with Gasteiger partial charge in [-0.05, 0) is 24.6 Å². The largest absolute Gasteiger partial charge is 0.454 e. The first kappa shape index (κ1) is 14.6. The molecule has 0 bridgehead atoms. The highest BCUT2D eigenvalue weighted by Crippen LogP contribution is 2.55. The second-order valence-corrected chi connectivity index (χ2v) is 7.76. The third-order valence-electron chi connectivity index (χ3n) is 4.08. The number of ether oxygens (including phenoxy) is 3. The minimum Gasteiger partial charge on any atom is -0.454 e. The Hall–Kier alpha value is -1.31. The number of rotatable bonds is 5. The summed E-state index contributed by atoms with van der Waals surface area (Å²) in [5.41, 5.74) is 6.27. The van der Waals surface area contributed by atoms with Crippen molar-refractivity contribution in [1.82, 2.24) is 0 Å². The molecule has 1 aliphatic carbocycles. The average Bonchev–Trinajstić information content (AvgIpc) is 2.81. The summed E-state index contributed by atoms with van der Waals surface area (Å²) in [6.45, 7) is 2.77. The van der Waals surface area contributed by atoms with Crippen LogP contribution in [0.25, 0.3) is 0 Å². The Morgan fingerprint density at radius 1 is 1.38 bits per heavy atom. The maximum atomic E-state index is 12.0. The zero-order valence-corrected chi connectivity index (χ0v) is 12.9. The molecule has 116 valence electrons. The molecule has 1 aliphatic heterocycles. The monoisotopic (exact) mass is 313 g/mol. The Bertz CT molecular complexity index is 659. The predicted octanol–water partition coefficient (Wildman–Crippen LogP) is 0.660. The Morgan fingerprint density at radius 2 is 2.10 bits per heavy atom. The third kappa shape index (κ3) is 2.39. The van der Waals surface area contributed by atoms with E-state index < -0.39 is 20.6 Å². The van der Waals surface area contributed by atoms with Crippen LogP contribution in [0.5, 0.6) is 11.5 Å². The highest BCUT2D eigenvalue weighted by Gasteiger charge is 2.68. The van der Waals surface area contributed by atoms with E-state index in [1.807, 2.05) is 19.1 Å². The molecule has 0 amide bonds. The summed E-state index contributed by atoms with van der Waals surface area (Å²) in [5.74, 6) is 1.02. The lowest BCUT2D eigenvalue weighted by atomic mass is 10.1. The van der Waals surface area contributed by atoms with Gasteiger partial charge < -0.3 is 19.9 Å². The SMILES string of the molecule is CCOCC1(N)C(c2ccc3c(c2)OCO3)C1S(C)(=O)=O. The molecule has 0 aromatic heterocycles. The molecule has 0 spiro atoms. The molecule has 3 atom stereocenters. The fourth-order valence-corrected chi connectivity index (χ4v) is 4.95. The Labute approximate surface area is 124 Å². The molecule has 1 aromatic carbocycles. The number of benzene rings is 1. The van der Waals surface area contributed by atoms with Crippen LogP contribution < -0.4 is 15.2 Å². The van der Waals surface area contributed by atoms with E-state index in [2.05, 4.69) is 0 Å². The van der Waals surface area contributed by atoms with Gasteiger partial charge in [-0.2, -0.15) is 0 Å². The summed E-state index contributed by atoms with van der Waals surface area (Å²) in [6.07, 6.45) is 1.22. The highest BCUT2D eigenvalue weighted by molar-refractivity contribution is 7.91. The van der Waals surface area contributed by atoms with E-state index >= 15 is 0 Å². The Morgan fingerprint density at radius 3 is 2.76 bits per heavy atom. The average molecular weight is 313 g/mol. The van der Waals surface area contributed by atoms with Crippen molar-refractivity contribution in [2.24, 2.45) is 5.73 Å². The van der Waals surface area contributed by atoms with E-state index in [9.17, 15) is 8.42 Å². The van der Waals surface area contributed by atoms with Crippen LogP contribution in [0.15, 0.2) is 18.2 Å². The molecule has 21 heavy (non-hydrogen) atoms. The summed E-state index contributed by atoms with van der Waals surface area (Å²) in [5, 5.41) is -0.628. The molecule has 3 unspecified atom stereocenters. The second-order valence-electron chi connectivity index (χ2n) is 5.59. The van der Waals surface area contributed by atoms with Gasteiger partial charge >= 0.3 is 0 Å². The predicted molar refractivity (Wildman–Crippen MR) is 77.3 cm³/mol. The van der Waals surface area contributed by atoms with Crippen LogP contribution in [-0.4, -0.2) is 45.5 Å². The van der Waals surface area contributed by atoms with Gasteiger partial charge in [-0.1, -0.05) is 6.07 Å². The molecule has 2 aliphatic rings. The topological polar surface area (TPSA) is 87.8 Å². The number of sulfone groups is 1. The van der Waals surface area contributed by atoms with Gasteiger partial charge in [0.25, 0.3) is 0 Å². The highest BCUT2D eigenvalue weighted by atomic mass is 32.2. The minimum atomic E-state index is -3.26. The molecular formula is C14H19NO5S.